The SMILES string of the molecule is CC(C)NC(C)C(=O)N1CCNCC1. The number of carbonyl (C=O) groups excluding carboxylic acids is 1. The number of hydrogen-bond acceptors (Lipinski definition) is 3. The van der Waals surface area contributed by atoms with Crippen molar-refractivity contribution in [1.29, 1.82) is 0 Å². The third kappa shape index (κ3) is 3.27. The highest BCUT2D eigenvalue weighted by molar-refractivity contribution is 5.81. The van der Waals surface area contributed by atoms with Gasteiger partial charge in [-0.05, 0) is 6.92 Å². The molecule has 1 unspecified atom stereocenters. The molecule has 1 fully saturated rings. The van der Waals surface area contributed by atoms with Crippen LogP contribution in [-0.4, -0.2) is 49.1 Å². The van der Waals surface area contributed by atoms with Crippen molar-refractivity contribution in [3.8, 4) is 0 Å². The molecule has 0 aromatic heterocycles. The summed E-state index contributed by atoms with van der Waals surface area (Å²) < 4.78 is 0. The molecule has 0 bridgehead atoms. The van der Waals surface area contributed by atoms with Crippen molar-refractivity contribution in [1.82, 2.24) is 15.5 Å². The summed E-state index contributed by atoms with van der Waals surface area (Å²) in [4.78, 5) is 13.8. The van der Waals surface area contributed by atoms with E-state index < -0.39 is 0 Å². The molecule has 1 rings (SSSR count). The first-order valence-corrected chi connectivity index (χ1v) is 5.37. The van der Waals surface area contributed by atoms with E-state index in [0.29, 0.717) is 6.04 Å². The number of amides is 1. The van der Waals surface area contributed by atoms with E-state index in [1.807, 2.05) is 11.8 Å². The van der Waals surface area contributed by atoms with Gasteiger partial charge in [-0.3, -0.25) is 4.79 Å². The molecular weight excluding hydrogens is 178 g/mol. The maximum absolute atomic E-state index is 11.9. The molecule has 4 nitrogen and oxygen atoms in total. The fourth-order valence-electron chi connectivity index (χ4n) is 1.73. The van der Waals surface area contributed by atoms with Gasteiger partial charge >= 0.3 is 0 Å². The molecule has 0 spiro atoms. The van der Waals surface area contributed by atoms with E-state index in [1.165, 1.54) is 0 Å². The van der Waals surface area contributed by atoms with E-state index in [2.05, 4.69) is 24.5 Å². The minimum absolute atomic E-state index is 0.0619. The van der Waals surface area contributed by atoms with Crippen molar-refractivity contribution in [3.05, 3.63) is 0 Å². The van der Waals surface area contributed by atoms with Crippen LogP contribution in [0.1, 0.15) is 20.8 Å². The van der Waals surface area contributed by atoms with E-state index >= 15 is 0 Å². The van der Waals surface area contributed by atoms with Gasteiger partial charge in [-0.1, -0.05) is 13.8 Å². The summed E-state index contributed by atoms with van der Waals surface area (Å²) in [5.41, 5.74) is 0. The van der Waals surface area contributed by atoms with Crippen molar-refractivity contribution < 1.29 is 4.79 Å². The van der Waals surface area contributed by atoms with Gasteiger partial charge < -0.3 is 15.5 Å². The predicted octanol–water partition coefficient (Wildman–Crippen LogP) is -0.195. The van der Waals surface area contributed by atoms with Crippen LogP contribution in [0.3, 0.4) is 0 Å². The molecule has 0 saturated carbocycles. The van der Waals surface area contributed by atoms with Crippen LogP contribution in [0.2, 0.25) is 0 Å². The van der Waals surface area contributed by atoms with Crippen molar-refractivity contribution in [2.45, 2.75) is 32.9 Å². The van der Waals surface area contributed by atoms with Crippen LogP contribution in [-0.2, 0) is 4.79 Å². The van der Waals surface area contributed by atoms with Crippen LogP contribution in [0.5, 0.6) is 0 Å². The molecule has 2 N–H and O–H groups in total. The lowest BCUT2D eigenvalue weighted by Gasteiger charge is -2.30. The minimum Gasteiger partial charge on any atom is -0.339 e. The molecule has 1 atom stereocenters. The van der Waals surface area contributed by atoms with Gasteiger partial charge in [0, 0.05) is 32.2 Å². The fraction of sp³-hybridized carbons (Fsp3) is 0.900. The average molecular weight is 199 g/mol. The highest BCUT2D eigenvalue weighted by Gasteiger charge is 2.21. The van der Waals surface area contributed by atoms with Crippen LogP contribution >= 0.6 is 0 Å². The first kappa shape index (κ1) is 11.5. The minimum atomic E-state index is -0.0619. The Hall–Kier alpha value is -0.610. The second kappa shape index (κ2) is 5.32. The van der Waals surface area contributed by atoms with Crippen molar-refractivity contribution in [2.75, 3.05) is 26.2 Å². The Kier molecular flexibility index (Phi) is 4.35. The van der Waals surface area contributed by atoms with E-state index in [-0.39, 0.29) is 11.9 Å². The summed E-state index contributed by atoms with van der Waals surface area (Å²) in [6.07, 6.45) is 0. The first-order chi connectivity index (χ1) is 6.61. The number of nitrogens with zero attached hydrogens (tertiary/aromatic N) is 1. The Balaban J connectivity index is 2.38. The van der Waals surface area contributed by atoms with E-state index in [0.717, 1.165) is 26.2 Å². The Labute approximate surface area is 86.0 Å². The normalized spacial score (nSPS) is 19.9. The largest absolute Gasteiger partial charge is 0.339 e. The molecule has 0 aromatic rings. The van der Waals surface area contributed by atoms with Crippen LogP contribution < -0.4 is 10.6 Å². The molecule has 1 aliphatic heterocycles. The molecule has 4 heteroatoms. The van der Waals surface area contributed by atoms with Crippen molar-refractivity contribution in [3.63, 3.8) is 0 Å². The molecule has 0 aromatic carbocycles. The molecular formula is C10H21N3O. The summed E-state index contributed by atoms with van der Waals surface area (Å²) in [7, 11) is 0. The molecule has 1 aliphatic rings. The average Bonchev–Trinajstić information content (AvgIpc) is 2.17. The van der Waals surface area contributed by atoms with Gasteiger partial charge in [0.1, 0.15) is 0 Å². The van der Waals surface area contributed by atoms with Gasteiger partial charge in [0.2, 0.25) is 5.91 Å². The highest BCUT2D eigenvalue weighted by atomic mass is 16.2. The summed E-state index contributed by atoms with van der Waals surface area (Å²) in [5.74, 6) is 0.222. The van der Waals surface area contributed by atoms with Gasteiger partial charge in [-0.2, -0.15) is 0 Å². The number of hydrogen-bond donors (Lipinski definition) is 2. The molecule has 1 saturated heterocycles. The number of piperazine rings is 1. The summed E-state index contributed by atoms with van der Waals surface area (Å²) in [6, 6.07) is 0.296. The van der Waals surface area contributed by atoms with E-state index in [1.54, 1.807) is 0 Å². The summed E-state index contributed by atoms with van der Waals surface area (Å²) in [6.45, 7) is 9.56. The second-order valence-electron chi connectivity index (χ2n) is 4.12. The maximum atomic E-state index is 11.9. The third-order valence-electron chi connectivity index (χ3n) is 2.38. The molecule has 0 radical (unpaired) electrons. The number of rotatable bonds is 3. The Bertz CT molecular complexity index is 188. The standard InChI is InChI=1S/C10H21N3O/c1-8(2)12-9(3)10(14)13-6-4-11-5-7-13/h8-9,11-12H,4-7H2,1-3H3. The lowest BCUT2D eigenvalue weighted by atomic mass is 10.2. The fourth-order valence-corrected chi connectivity index (χ4v) is 1.73. The topological polar surface area (TPSA) is 44.4 Å². The lowest BCUT2D eigenvalue weighted by Crippen LogP contribution is -2.53. The molecule has 1 amide bonds. The van der Waals surface area contributed by atoms with E-state index in [9.17, 15) is 4.79 Å². The van der Waals surface area contributed by atoms with Gasteiger partial charge in [-0.25, -0.2) is 0 Å². The number of carbonyl (C=O) groups is 1. The van der Waals surface area contributed by atoms with E-state index in [4.69, 9.17) is 0 Å². The lowest BCUT2D eigenvalue weighted by molar-refractivity contribution is -0.133. The van der Waals surface area contributed by atoms with Crippen molar-refractivity contribution >= 4 is 5.91 Å². The third-order valence-corrected chi connectivity index (χ3v) is 2.38. The predicted molar refractivity (Wildman–Crippen MR) is 57.2 cm³/mol. The smallest absolute Gasteiger partial charge is 0.239 e. The van der Waals surface area contributed by atoms with Crippen LogP contribution in [0.15, 0.2) is 0 Å². The Morgan fingerprint density at radius 3 is 2.36 bits per heavy atom. The monoisotopic (exact) mass is 199 g/mol. The highest BCUT2D eigenvalue weighted by Crippen LogP contribution is 1.98. The zero-order valence-electron chi connectivity index (χ0n) is 9.34. The van der Waals surface area contributed by atoms with Crippen LogP contribution in [0, 0.1) is 0 Å². The maximum Gasteiger partial charge on any atom is 0.239 e. The first-order valence-electron chi connectivity index (χ1n) is 5.37. The zero-order valence-corrected chi connectivity index (χ0v) is 9.34. The second-order valence-corrected chi connectivity index (χ2v) is 4.12. The molecule has 14 heavy (non-hydrogen) atoms. The number of nitrogens with one attached hydrogen (secondary N) is 2. The zero-order chi connectivity index (χ0) is 10.6. The van der Waals surface area contributed by atoms with Crippen LogP contribution in [0.4, 0.5) is 0 Å². The van der Waals surface area contributed by atoms with Gasteiger partial charge in [0.15, 0.2) is 0 Å². The molecule has 1 heterocycles. The summed E-state index contributed by atoms with van der Waals surface area (Å²) in [5, 5.41) is 6.46. The van der Waals surface area contributed by atoms with Gasteiger partial charge in [0.25, 0.3) is 0 Å². The Morgan fingerprint density at radius 1 is 1.29 bits per heavy atom. The van der Waals surface area contributed by atoms with Gasteiger partial charge in [-0.15, -0.1) is 0 Å². The Morgan fingerprint density at radius 2 is 1.86 bits per heavy atom. The van der Waals surface area contributed by atoms with Gasteiger partial charge in [0.05, 0.1) is 6.04 Å². The quantitative estimate of drug-likeness (QED) is 0.662. The van der Waals surface area contributed by atoms with Crippen LogP contribution in [0.25, 0.3) is 0 Å². The van der Waals surface area contributed by atoms with Crippen molar-refractivity contribution in [2.24, 2.45) is 0 Å². The molecule has 0 aliphatic carbocycles. The summed E-state index contributed by atoms with van der Waals surface area (Å²) >= 11 is 0. The molecule has 82 valence electrons.